The molecule has 1 aliphatic rings. The van der Waals surface area contributed by atoms with Gasteiger partial charge in [0.2, 0.25) is 0 Å². The molecule has 0 aliphatic carbocycles. The van der Waals surface area contributed by atoms with Crippen LogP contribution in [0, 0.1) is 0 Å². The van der Waals surface area contributed by atoms with Gasteiger partial charge in [-0.3, -0.25) is 0 Å². The third-order valence-electron chi connectivity index (χ3n) is 3.45. The van der Waals surface area contributed by atoms with Crippen molar-refractivity contribution in [1.29, 1.82) is 0 Å². The Morgan fingerprint density at radius 1 is 1.42 bits per heavy atom. The maximum Gasteiger partial charge on any atom is 0.127 e. The maximum absolute atomic E-state index is 6.40. The van der Waals surface area contributed by atoms with E-state index in [2.05, 4.69) is 19.1 Å². The zero-order chi connectivity index (χ0) is 13.4. The average Bonchev–Trinajstić information content (AvgIpc) is 3.04. The fourth-order valence-corrected chi connectivity index (χ4v) is 3.66. The van der Waals surface area contributed by atoms with Gasteiger partial charge in [-0.2, -0.15) is 0 Å². The molecule has 0 spiro atoms. The van der Waals surface area contributed by atoms with E-state index in [4.69, 9.17) is 22.1 Å². The Kier molecular flexibility index (Phi) is 3.52. The van der Waals surface area contributed by atoms with E-state index in [-0.39, 0.29) is 6.04 Å². The third kappa shape index (κ3) is 2.38. The van der Waals surface area contributed by atoms with E-state index in [1.165, 1.54) is 10.4 Å². The van der Waals surface area contributed by atoms with Crippen LogP contribution in [0.5, 0.6) is 5.75 Å². The molecule has 1 unspecified atom stereocenters. The minimum Gasteiger partial charge on any atom is -0.493 e. The molecule has 2 nitrogen and oxygen atoms in total. The number of thiophene rings is 1. The lowest BCUT2D eigenvalue weighted by Crippen LogP contribution is -2.11. The first-order chi connectivity index (χ1) is 9.19. The Morgan fingerprint density at radius 3 is 3.00 bits per heavy atom. The molecule has 3 rings (SSSR count). The van der Waals surface area contributed by atoms with Crippen molar-refractivity contribution in [3.05, 3.63) is 50.2 Å². The molecule has 100 valence electrons. The molecule has 1 aromatic heterocycles. The molecule has 2 N–H and O–H groups in total. The zero-order valence-electron chi connectivity index (χ0n) is 10.8. The highest BCUT2D eigenvalue weighted by atomic mass is 35.5. The van der Waals surface area contributed by atoms with Crippen LogP contribution < -0.4 is 10.5 Å². The van der Waals surface area contributed by atoms with E-state index in [9.17, 15) is 0 Å². The number of rotatable bonds is 3. The number of aryl methyl sites for hydroxylation is 1. The summed E-state index contributed by atoms with van der Waals surface area (Å²) >= 11 is 7.95. The van der Waals surface area contributed by atoms with Gasteiger partial charge in [0.1, 0.15) is 5.75 Å². The van der Waals surface area contributed by atoms with Crippen molar-refractivity contribution in [1.82, 2.24) is 0 Å². The summed E-state index contributed by atoms with van der Waals surface area (Å²) in [6.07, 6.45) is 1.96. The Balaban J connectivity index is 2.02. The average molecular weight is 294 g/mol. The lowest BCUT2D eigenvalue weighted by atomic mass is 10.0. The minimum atomic E-state index is -0.157. The van der Waals surface area contributed by atoms with Gasteiger partial charge in [-0.1, -0.05) is 18.5 Å². The summed E-state index contributed by atoms with van der Waals surface area (Å²) in [5.41, 5.74) is 8.57. The zero-order valence-corrected chi connectivity index (χ0v) is 12.4. The van der Waals surface area contributed by atoms with Crippen LogP contribution in [0.4, 0.5) is 0 Å². The van der Waals surface area contributed by atoms with Crippen LogP contribution in [0.1, 0.15) is 33.8 Å². The first kappa shape index (κ1) is 13.0. The predicted octanol–water partition coefficient (Wildman–Crippen LogP) is 3.95. The molecule has 0 radical (unpaired) electrons. The Labute approximate surface area is 122 Å². The predicted molar refractivity (Wildman–Crippen MR) is 80.4 cm³/mol. The number of benzene rings is 1. The fraction of sp³-hybridized carbons (Fsp3) is 0.333. The Morgan fingerprint density at radius 2 is 2.26 bits per heavy atom. The lowest BCUT2D eigenvalue weighted by Gasteiger charge is -2.15. The number of halogens is 1. The van der Waals surface area contributed by atoms with Crippen LogP contribution in [-0.2, 0) is 12.8 Å². The standard InChI is InChI=1S/C15H16ClNOS/c1-2-11-3-4-13(19-11)14(17)12-8-10(16)7-9-5-6-18-15(9)12/h3-4,7-8,14H,2,5-6,17H2,1H3. The van der Waals surface area contributed by atoms with Gasteiger partial charge in [-0.05, 0) is 36.2 Å². The number of hydrogen-bond donors (Lipinski definition) is 1. The van der Waals surface area contributed by atoms with Crippen LogP contribution in [0.15, 0.2) is 24.3 Å². The van der Waals surface area contributed by atoms with E-state index < -0.39 is 0 Å². The maximum atomic E-state index is 6.40. The van der Waals surface area contributed by atoms with Crippen molar-refractivity contribution in [3.63, 3.8) is 0 Å². The minimum absolute atomic E-state index is 0.157. The van der Waals surface area contributed by atoms with E-state index >= 15 is 0 Å². The van der Waals surface area contributed by atoms with Crippen LogP contribution in [0.25, 0.3) is 0 Å². The monoisotopic (exact) mass is 293 g/mol. The van der Waals surface area contributed by atoms with Crippen molar-refractivity contribution < 1.29 is 4.74 Å². The first-order valence-corrected chi connectivity index (χ1v) is 7.67. The van der Waals surface area contributed by atoms with Crippen molar-refractivity contribution >= 4 is 22.9 Å². The van der Waals surface area contributed by atoms with Crippen LogP contribution in [0.2, 0.25) is 5.02 Å². The number of ether oxygens (including phenoxy) is 1. The van der Waals surface area contributed by atoms with Gasteiger partial charge in [-0.15, -0.1) is 11.3 Å². The highest BCUT2D eigenvalue weighted by Gasteiger charge is 2.23. The van der Waals surface area contributed by atoms with Crippen LogP contribution >= 0.6 is 22.9 Å². The van der Waals surface area contributed by atoms with Crippen molar-refractivity contribution in [3.8, 4) is 5.75 Å². The van der Waals surface area contributed by atoms with E-state index in [0.29, 0.717) is 0 Å². The smallest absolute Gasteiger partial charge is 0.127 e. The topological polar surface area (TPSA) is 35.2 Å². The summed E-state index contributed by atoms with van der Waals surface area (Å²) in [6, 6.07) is 8.01. The molecule has 0 amide bonds. The van der Waals surface area contributed by atoms with Crippen molar-refractivity contribution in [2.45, 2.75) is 25.8 Å². The summed E-state index contributed by atoms with van der Waals surface area (Å²) in [4.78, 5) is 2.52. The molecule has 0 saturated heterocycles. The third-order valence-corrected chi connectivity index (χ3v) is 4.98. The molecule has 2 aromatic rings. The van der Waals surface area contributed by atoms with Gasteiger partial charge in [0.25, 0.3) is 0 Å². The molecule has 4 heteroatoms. The molecule has 1 aromatic carbocycles. The molecular weight excluding hydrogens is 278 g/mol. The molecule has 1 aliphatic heterocycles. The summed E-state index contributed by atoms with van der Waals surface area (Å²) < 4.78 is 5.73. The number of hydrogen-bond acceptors (Lipinski definition) is 3. The molecule has 2 heterocycles. The van der Waals surface area contributed by atoms with E-state index in [1.807, 2.05) is 12.1 Å². The Bertz CT molecular complexity index is 608. The second kappa shape index (κ2) is 5.16. The Hall–Kier alpha value is -1.03. The van der Waals surface area contributed by atoms with E-state index in [0.717, 1.165) is 40.7 Å². The normalized spacial score (nSPS) is 15.1. The molecule has 0 fully saturated rings. The molecule has 19 heavy (non-hydrogen) atoms. The number of fused-ring (bicyclic) bond motifs is 1. The van der Waals surface area contributed by atoms with Gasteiger partial charge >= 0.3 is 0 Å². The lowest BCUT2D eigenvalue weighted by molar-refractivity contribution is 0.352. The summed E-state index contributed by atoms with van der Waals surface area (Å²) in [5.74, 6) is 0.934. The largest absolute Gasteiger partial charge is 0.493 e. The molecular formula is C15H16ClNOS. The van der Waals surface area contributed by atoms with Gasteiger partial charge < -0.3 is 10.5 Å². The van der Waals surface area contributed by atoms with E-state index in [1.54, 1.807) is 11.3 Å². The number of nitrogens with two attached hydrogens (primary N) is 1. The second-order valence-electron chi connectivity index (χ2n) is 4.72. The first-order valence-electron chi connectivity index (χ1n) is 6.48. The molecule has 1 atom stereocenters. The highest BCUT2D eigenvalue weighted by molar-refractivity contribution is 7.12. The summed E-state index contributed by atoms with van der Waals surface area (Å²) in [5, 5.41) is 0.738. The van der Waals surface area contributed by atoms with Crippen LogP contribution in [-0.4, -0.2) is 6.61 Å². The SMILES string of the molecule is CCc1ccc(C(N)c2cc(Cl)cc3c2OCC3)s1. The summed E-state index contributed by atoms with van der Waals surface area (Å²) in [7, 11) is 0. The fourth-order valence-electron chi connectivity index (χ4n) is 2.43. The highest BCUT2D eigenvalue weighted by Crippen LogP contribution is 2.39. The second-order valence-corrected chi connectivity index (χ2v) is 6.35. The van der Waals surface area contributed by atoms with Crippen molar-refractivity contribution in [2.75, 3.05) is 6.61 Å². The van der Waals surface area contributed by atoms with Gasteiger partial charge in [-0.25, -0.2) is 0 Å². The molecule has 0 saturated carbocycles. The van der Waals surface area contributed by atoms with Gasteiger partial charge in [0.05, 0.1) is 12.6 Å². The quantitative estimate of drug-likeness (QED) is 0.930. The van der Waals surface area contributed by atoms with Gasteiger partial charge in [0.15, 0.2) is 0 Å². The van der Waals surface area contributed by atoms with Crippen LogP contribution in [0.3, 0.4) is 0 Å². The van der Waals surface area contributed by atoms with Gasteiger partial charge in [0, 0.05) is 26.8 Å². The summed E-state index contributed by atoms with van der Waals surface area (Å²) in [6.45, 7) is 2.88. The molecule has 0 bridgehead atoms. The van der Waals surface area contributed by atoms with Crippen molar-refractivity contribution in [2.24, 2.45) is 5.73 Å².